The molecule has 4 rings (SSSR count). The zero-order chi connectivity index (χ0) is 15.8. The molecule has 0 unspecified atom stereocenters. The molecule has 1 aliphatic rings. The molecule has 3 heteroatoms. The summed E-state index contributed by atoms with van der Waals surface area (Å²) in [4.78, 5) is 4.90. The van der Waals surface area contributed by atoms with E-state index in [-0.39, 0.29) is 0 Å². The molecule has 3 aromatic rings. The summed E-state index contributed by atoms with van der Waals surface area (Å²) in [6, 6.07) is 23.4. The lowest BCUT2D eigenvalue weighted by molar-refractivity contribution is 0.937. The van der Waals surface area contributed by atoms with E-state index in [0.29, 0.717) is 0 Å². The third kappa shape index (κ3) is 2.85. The van der Waals surface area contributed by atoms with E-state index >= 15 is 0 Å². The number of nitrogens with zero attached hydrogens (tertiary/aromatic N) is 1. The molecule has 0 radical (unpaired) electrons. The average Bonchev–Trinajstić information content (AvgIpc) is 2.57. The van der Waals surface area contributed by atoms with Crippen LogP contribution in [0.5, 0.6) is 0 Å². The number of halogens is 1. The Bertz CT molecular complexity index is 858. The smallest absolute Gasteiger partial charge is 0.0570 e. The first kappa shape index (κ1) is 14.7. The zero-order valence-electron chi connectivity index (χ0n) is 12.8. The van der Waals surface area contributed by atoms with Gasteiger partial charge in [-0.15, -0.1) is 0 Å². The van der Waals surface area contributed by atoms with Gasteiger partial charge >= 0.3 is 0 Å². The van der Waals surface area contributed by atoms with E-state index in [9.17, 15) is 0 Å². The van der Waals surface area contributed by atoms with E-state index in [0.717, 1.165) is 11.6 Å². The predicted molar refractivity (Wildman–Crippen MR) is 99.0 cm³/mol. The highest BCUT2D eigenvalue weighted by Gasteiger charge is 2.23. The third-order valence-electron chi connectivity index (χ3n) is 4.05. The van der Waals surface area contributed by atoms with Gasteiger partial charge in [0.2, 0.25) is 0 Å². The Morgan fingerprint density at radius 2 is 1.61 bits per heavy atom. The van der Waals surface area contributed by atoms with E-state index in [1.807, 2.05) is 17.8 Å². The SMILES string of the molecule is Cc1ccc(CN2c3ccccc3Sc3ccc(Cl)cc32)cc1. The number of fused-ring (bicyclic) bond motifs is 2. The van der Waals surface area contributed by atoms with Crippen LogP contribution in [0.4, 0.5) is 11.4 Å². The van der Waals surface area contributed by atoms with Crippen molar-refractivity contribution in [1.29, 1.82) is 0 Å². The van der Waals surface area contributed by atoms with Gasteiger partial charge in [-0.05, 0) is 42.8 Å². The van der Waals surface area contributed by atoms with Gasteiger partial charge in [-0.1, -0.05) is 65.3 Å². The zero-order valence-corrected chi connectivity index (χ0v) is 14.4. The van der Waals surface area contributed by atoms with Crippen molar-refractivity contribution in [3.8, 4) is 0 Å². The fraction of sp³-hybridized carbons (Fsp3) is 0.100. The van der Waals surface area contributed by atoms with Crippen LogP contribution in [-0.2, 0) is 6.54 Å². The maximum Gasteiger partial charge on any atom is 0.0570 e. The summed E-state index contributed by atoms with van der Waals surface area (Å²) in [6.07, 6.45) is 0. The highest BCUT2D eigenvalue weighted by Crippen LogP contribution is 2.49. The second-order valence-electron chi connectivity index (χ2n) is 5.75. The number of aryl methyl sites for hydroxylation is 1. The average molecular weight is 338 g/mol. The van der Waals surface area contributed by atoms with Gasteiger partial charge in [0.05, 0.1) is 11.4 Å². The van der Waals surface area contributed by atoms with Crippen LogP contribution in [-0.4, -0.2) is 0 Å². The number of hydrogen-bond donors (Lipinski definition) is 0. The van der Waals surface area contributed by atoms with Crippen molar-refractivity contribution in [2.24, 2.45) is 0 Å². The quantitative estimate of drug-likeness (QED) is 0.528. The molecule has 0 atom stereocenters. The highest BCUT2D eigenvalue weighted by molar-refractivity contribution is 7.99. The van der Waals surface area contributed by atoms with E-state index < -0.39 is 0 Å². The highest BCUT2D eigenvalue weighted by atomic mass is 35.5. The summed E-state index contributed by atoms with van der Waals surface area (Å²) in [7, 11) is 0. The van der Waals surface area contributed by atoms with Gasteiger partial charge in [0, 0.05) is 21.4 Å². The lowest BCUT2D eigenvalue weighted by Crippen LogP contribution is -2.20. The van der Waals surface area contributed by atoms with Crippen LogP contribution in [0.25, 0.3) is 0 Å². The van der Waals surface area contributed by atoms with Gasteiger partial charge in [0.25, 0.3) is 0 Å². The van der Waals surface area contributed by atoms with Gasteiger partial charge in [-0.3, -0.25) is 0 Å². The van der Waals surface area contributed by atoms with Crippen LogP contribution in [0.15, 0.2) is 76.5 Å². The Labute approximate surface area is 145 Å². The summed E-state index contributed by atoms with van der Waals surface area (Å²) in [5, 5.41) is 0.776. The Kier molecular flexibility index (Phi) is 3.80. The van der Waals surface area contributed by atoms with Crippen molar-refractivity contribution in [3.05, 3.63) is 82.9 Å². The van der Waals surface area contributed by atoms with Crippen LogP contribution in [0.1, 0.15) is 11.1 Å². The van der Waals surface area contributed by atoms with Crippen molar-refractivity contribution in [2.75, 3.05) is 4.90 Å². The van der Waals surface area contributed by atoms with E-state index in [1.54, 1.807) is 0 Å². The number of anilines is 2. The summed E-state index contributed by atoms with van der Waals surface area (Å²) in [6.45, 7) is 2.96. The second-order valence-corrected chi connectivity index (χ2v) is 7.27. The fourth-order valence-electron chi connectivity index (χ4n) is 2.85. The molecular formula is C20H16ClNS. The topological polar surface area (TPSA) is 3.24 Å². The molecular weight excluding hydrogens is 322 g/mol. The second kappa shape index (κ2) is 5.95. The molecule has 0 bridgehead atoms. The minimum atomic E-state index is 0.776. The molecule has 1 aliphatic heterocycles. The molecule has 1 nitrogen and oxygen atoms in total. The maximum atomic E-state index is 6.26. The first-order chi connectivity index (χ1) is 11.2. The lowest BCUT2D eigenvalue weighted by atomic mass is 10.1. The fourth-order valence-corrected chi connectivity index (χ4v) is 4.09. The predicted octanol–water partition coefficient (Wildman–Crippen LogP) is 6.45. The number of hydrogen-bond acceptors (Lipinski definition) is 2. The molecule has 0 fully saturated rings. The van der Waals surface area contributed by atoms with E-state index in [4.69, 9.17) is 11.6 Å². The monoisotopic (exact) mass is 337 g/mol. The van der Waals surface area contributed by atoms with Crippen molar-refractivity contribution in [2.45, 2.75) is 23.3 Å². The van der Waals surface area contributed by atoms with Gasteiger partial charge in [-0.25, -0.2) is 0 Å². The standard InChI is InChI=1S/C20H16ClNS/c1-14-6-8-15(9-7-14)13-22-17-4-2-3-5-19(17)23-20-11-10-16(21)12-18(20)22/h2-12H,13H2,1H3. The molecule has 0 aromatic heterocycles. The van der Waals surface area contributed by atoms with E-state index in [2.05, 4.69) is 72.5 Å². The first-order valence-electron chi connectivity index (χ1n) is 7.60. The first-order valence-corrected chi connectivity index (χ1v) is 8.80. The van der Waals surface area contributed by atoms with Crippen LogP contribution in [0.2, 0.25) is 5.02 Å². The molecule has 0 N–H and O–H groups in total. The van der Waals surface area contributed by atoms with Gasteiger partial charge < -0.3 is 4.90 Å². The van der Waals surface area contributed by atoms with Crippen LogP contribution >= 0.6 is 23.4 Å². The molecule has 0 spiro atoms. The molecule has 1 heterocycles. The maximum absolute atomic E-state index is 6.26. The van der Waals surface area contributed by atoms with Gasteiger partial charge in [0.1, 0.15) is 0 Å². The molecule has 3 aromatic carbocycles. The Hall–Kier alpha value is -1.90. The lowest BCUT2D eigenvalue weighted by Gasteiger charge is -2.33. The Balaban J connectivity index is 1.81. The van der Waals surface area contributed by atoms with Gasteiger partial charge in [-0.2, -0.15) is 0 Å². The molecule has 114 valence electrons. The number of para-hydroxylation sites is 1. The number of benzene rings is 3. The van der Waals surface area contributed by atoms with Crippen molar-refractivity contribution < 1.29 is 0 Å². The molecule has 0 amide bonds. The largest absolute Gasteiger partial charge is 0.335 e. The summed E-state index contributed by atoms with van der Waals surface area (Å²) >= 11 is 8.06. The molecule has 23 heavy (non-hydrogen) atoms. The normalized spacial score (nSPS) is 12.7. The van der Waals surface area contributed by atoms with Crippen molar-refractivity contribution in [1.82, 2.24) is 0 Å². The van der Waals surface area contributed by atoms with Crippen molar-refractivity contribution in [3.63, 3.8) is 0 Å². The van der Waals surface area contributed by atoms with E-state index in [1.165, 1.54) is 32.3 Å². The Morgan fingerprint density at radius 3 is 2.43 bits per heavy atom. The summed E-state index contributed by atoms with van der Waals surface area (Å²) in [5.74, 6) is 0. The molecule has 0 saturated carbocycles. The molecule has 0 aliphatic carbocycles. The minimum absolute atomic E-state index is 0.776. The van der Waals surface area contributed by atoms with Crippen LogP contribution < -0.4 is 4.90 Å². The minimum Gasteiger partial charge on any atom is -0.335 e. The summed E-state index contributed by atoms with van der Waals surface area (Å²) < 4.78 is 0. The Morgan fingerprint density at radius 1 is 0.870 bits per heavy atom. The third-order valence-corrected chi connectivity index (χ3v) is 5.41. The molecule has 0 saturated heterocycles. The summed E-state index contributed by atoms with van der Waals surface area (Å²) in [5.41, 5.74) is 5.00. The van der Waals surface area contributed by atoms with Crippen LogP contribution in [0, 0.1) is 6.92 Å². The van der Waals surface area contributed by atoms with Crippen LogP contribution in [0.3, 0.4) is 0 Å². The van der Waals surface area contributed by atoms with Gasteiger partial charge in [0.15, 0.2) is 0 Å². The number of rotatable bonds is 2. The van der Waals surface area contributed by atoms with Crippen molar-refractivity contribution >= 4 is 34.7 Å².